The van der Waals surface area contributed by atoms with E-state index in [0.29, 0.717) is 27.6 Å². The summed E-state index contributed by atoms with van der Waals surface area (Å²) >= 11 is 0. The van der Waals surface area contributed by atoms with Crippen molar-refractivity contribution < 1.29 is 9.34 Å². The molecule has 2 heterocycles. The molecule has 2 aromatic carbocycles. The van der Waals surface area contributed by atoms with E-state index < -0.39 is 4.92 Å². The van der Waals surface area contributed by atoms with Gasteiger partial charge in [0.25, 0.3) is 11.2 Å². The number of nitro benzene ring substituents is 1. The summed E-state index contributed by atoms with van der Waals surface area (Å²) in [5.41, 5.74) is 0.751. The minimum Gasteiger partial charge on any atom is -0.453 e. The van der Waals surface area contributed by atoms with E-state index in [1.165, 1.54) is 18.2 Å². The maximum Gasteiger partial charge on any atom is 0.270 e. The van der Waals surface area contributed by atoms with Crippen molar-refractivity contribution in [2.75, 3.05) is 0 Å². The molecule has 4 rings (SSSR count). The van der Waals surface area contributed by atoms with Crippen LogP contribution in [0.15, 0.2) is 57.7 Å². The van der Waals surface area contributed by atoms with Gasteiger partial charge in [-0.25, -0.2) is 4.98 Å². The molecular formula is C16H9N3O4. The van der Waals surface area contributed by atoms with Crippen molar-refractivity contribution in [1.29, 1.82) is 0 Å². The minimum absolute atomic E-state index is 0.0233. The molecule has 0 saturated carbocycles. The number of aromatic nitrogens is 2. The number of hydrogen-bond donors (Lipinski definition) is 1. The van der Waals surface area contributed by atoms with Gasteiger partial charge in [0.15, 0.2) is 11.6 Å². The van der Waals surface area contributed by atoms with E-state index in [1.54, 1.807) is 30.3 Å². The molecule has 0 aliphatic rings. The Balaban J connectivity index is 1.92. The molecular weight excluding hydrogens is 298 g/mol. The average molecular weight is 307 g/mol. The predicted molar refractivity (Wildman–Crippen MR) is 84.2 cm³/mol. The van der Waals surface area contributed by atoms with Crippen molar-refractivity contribution >= 4 is 27.6 Å². The van der Waals surface area contributed by atoms with Gasteiger partial charge in [0.2, 0.25) is 0 Å². The zero-order valence-electron chi connectivity index (χ0n) is 11.6. The van der Waals surface area contributed by atoms with Gasteiger partial charge in [-0.15, -0.1) is 0 Å². The summed E-state index contributed by atoms with van der Waals surface area (Å²) in [7, 11) is 0. The molecule has 7 heteroatoms. The number of para-hydroxylation sites is 1. The highest BCUT2D eigenvalue weighted by Crippen LogP contribution is 2.28. The highest BCUT2D eigenvalue weighted by atomic mass is 16.6. The van der Waals surface area contributed by atoms with Crippen molar-refractivity contribution in [3.05, 3.63) is 69.0 Å². The number of nitro groups is 1. The number of furan rings is 1. The lowest BCUT2D eigenvalue weighted by atomic mass is 10.2. The van der Waals surface area contributed by atoms with Gasteiger partial charge in [0.05, 0.1) is 15.8 Å². The lowest BCUT2D eigenvalue weighted by Crippen LogP contribution is -2.08. The van der Waals surface area contributed by atoms with E-state index in [1.807, 2.05) is 0 Å². The first kappa shape index (κ1) is 13.2. The smallest absolute Gasteiger partial charge is 0.270 e. The van der Waals surface area contributed by atoms with Crippen molar-refractivity contribution in [2.24, 2.45) is 0 Å². The molecule has 0 fully saturated rings. The number of non-ortho nitro benzene ring substituents is 1. The fourth-order valence-corrected chi connectivity index (χ4v) is 2.46. The molecule has 1 N–H and O–H groups in total. The molecule has 4 aromatic rings. The van der Waals surface area contributed by atoms with Crippen LogP contribution in [0.25, 0.3) is 33.5 Å². The second-order valence-corrected chi connectivity index (χ2v) is 5.02. The SMILES string of the molecule is O=c1[nH]c(-c2cc3cc([N+](=O)[O-])ccc3o2)nc2ccccc12. The molecule has 0 bridgehead atoms. The molecule has 7 nitrogen and oxygen atoms in total. The van der Waals surface area contributed by atoms with Crippen molar-refractivity contribution in [3.63, 3.8) is 0 Å². The molecule has 0 atom stereocenters. The van der Waals surface area contributed by atoms with E-state index in [0.717, 1.165) is 0 Å². The van der Waals surface area contributed by atoms with E-state index in [2.05, 4.69) is 9.97 Å². The topological polar surface area (TPSA) is 102 Å². The van der Waals surface area contributed by atoms with E-state index in [9.17, 15) is 14.9 Å². The molecule has 2 aromatic heterocycles. The van der Waals surface area contributed by atoms with Gasteiger partial charge < -0.3 is 9.40 Å². The first-order chi connectivity index (χ1) is 11.1. The number of nitrogens with one attached hydrogen (secondary N) is 1. The van der Waals surface area contributed by atoms with Gasteiger partial charge in [-0.3, -0.25) is 14.9 Å². The third-order valence-electron chi connectivity index (χ3n) is 3.56. The summed E-state index contributed by atoms with van der Waals surface area (Å²) in [6.45, 7) is 0. The third-order valence-corrected chi connectivity index (χ3v) is 3.56. The number of hydrogen-bond acceptors (Lipinski definition) is 5. The normalized spacial score (nSPS) is 11.1. The summed E-state index contributed by atoms with van der Waals surface area (Å²) < 4.78 is 5.64. The van der Waals surface area contributed by atoms with Crippen LogP contribution in [0.5, 0.6) is 0 Å². The molecule has 112 valence electrons. The Bertz CT molecular complexity index is 1130. The van der Waals surface area contributed by atoms with Crippen LogP contribution < -0.4 is 5.56 Å². The average Bonchev–Trinajstić information content (AvgIpc) is 2.98. The fraction of sp³-hybridized carbons (Fsp3) is 0. The summed E-state index contributed by atoms with van der Waals surface area (Å²) in [5.74, 6) is 0.635. The summed E-state index contributed by atoms with van der Waals surface area (Å²) in [4.78, 5) is 29.5. The Labute approximate surface area is 128 Å². The van der Waals surface area contributed by atoms with Gasteiger partial charge in [-0.2, -0.15) is 0 Å². The van der Waals surface area contributed by atoms with Gasteiger partial charge >= 0.3 is 0 Å². The molecule has 0 amide bonds. The number of fused-ring (bicyclic) bond motifs is 2. The third kappa shape index (κ3) is 2.15. The van der Waals surface area contributed by atoms with Crippen molar-refractivity contribution in [1.82, 2.24) is 9.97 Å². The van der Waals surface area contributed by atoms with Crippen molar-refractivity contribution in [3.8, 4) is 11.6 Å². The quantitative estimate of drug-likeness (QED) is 0.452. The van der Waals surface area contributed by atoms with E-state index in [4.69, 9.17) is 4.42 Å². The summed E-state index contributed by atoms with van der Waals surface area (Å²) in [6.07, 6.45) is 0. The zero-order chi connectivity index (χ0) is 16.0. The first-order valence-corrected chi connectivity index (χ1v) is 6.79. The van der Waals surface area contributed by atoms with Crippen LogP contribution in [0.1, 0.15) is 0 Å². The maximum atomic E-state index is 12.1. The highest BCUT2D eigenvalue weighted by Gasteiger charge is 2.13. The van der Waals surface area contributed by atoms with Gasteiger partial charge in [0, 0.05) is 17.5 Å². The van der Waals surface area contributed by atoms with Gasteiger partial charge in [-0.05, 0) is 24.3 Å². The molecule has 0 spiro atoms. The fourth-order valence-electron chi connectivity index (χ4n) is 2.46. The second-order valence-electron chi connectivity index (χ2n) is 5.02. The monoisotopic (exact) mass is 307 g/mol. The molecule has 23 heavy (non-hydrogen) atoms. The number of nitrogens with zero attached hydrogens (tertiary/aromatic N) is 2. The van der Waals surface area contributed by atoms with Crippen LogP contribution >= 0.6 is 0 Å². The lowest BCUT2D eigenvalue weighted by Gasteiger charge is -1.99. The predicted octanol–water partition coefficient (Wildman–Crippen LogP) is 3.24. The van der Waals surface area contributed by atoms with Gasteiger partial charge in [-0.1, -0.05) is 12.1 Å². The van der Waals surface area contributed by atoms with Crippen LogP contribution in [0, 0.1) is 10.1 Å². The van der Waals surface area contributed by atoms with Crippen LogP contribution in [-0.4, -0.2) is 14.9 Å². The number of aromatic amines is 1. The Kier molecular flexibility index (Phi) is 2.74. The molecule has 0 aliphatic heterocycles. The first-order valence-electron chi connectivity index (χ1n) is 6.79. The largest absolute Gasteiger partial charge is 0.453 e. The van der Waals surface area contributed by atoms with Gasteiger partial charge in [0.1, 0.15) is 5.58 Å². The maximum absolute atomic E-state index is 12.1. The number of rotatable bonds is 2. The van der Waals surface area contributed by atoms with E-state index in [-0.39, 0.29) is 17.1 Å². The Morgan fingerprint density at radius 3 is 2.78 bits per heavy atom. The number of benzene rings is 2. The second kappa shape index (κ2) is 4.77. The number of H-pyrrole nitrogens is 1. The van der Waals surface area contributed by atoms with Crippen LogP contribution in [-0.2, 0) is 0 Å². The lowest BCUT2D eigenvalue weighted by molar-refractivity contribution is -0.384. The van der Waals surface area contributed by atoms with Crippen molar-refractivity contribution in [2.45, 2.75) is 0 Å². The van der Waals surface area contributed by atoms with Crippen LogP contribution in [0.2, 0.25) is 0 Å². The molecule has 0 saturated heterocycles. The Hall–Kier alpha value is -3.48. The highest BCUT2D eigenvalue weighted by molar-refractivity contribution is 5.85. The van der Waals surface area contributed by atoms with Crippen LogP contribution in [0.4, 0.5) is 5.69 Å². The Morgan fingerprint density at radius 1 is 1.13 bits per heavy atom. The van der Waals surface area contributed by atoms with Crippen LogP contribution in [0.3, 0.4) is 0 Å². The molecule has 0 unspecified atom stereocenters. The summed E-state index contributed by atoms with van der Waals surface area (Å²) in [6, 6.07) is 12.9. The summed E-state index contributed by atoms with van der Waals surface area (Å²) in [5, 5.41) is 11.9. The molecule has 0 aliphatic carbocycles. The minimum atomic E-state index is -0.470. The van der Waals surface area contributed by atoms with E-state index >= 15 is 0 Å². The zero-order valence-corrected chi connectivity index (χ0v) is 11.6. The Morgan fingerprint density at radius 2 is 1.96 bits per heavy atom. The standard InChI is InChI=1S/C16H9N3O4/c20-16-11-3-1-2-4-12(11)17-15(18-16)14-8-9-7-10(19(21)22)5-6-13(9)23-14/h1-8H,(H,17,18,20). The molecule has 0 radical (unpaired) electrons.